The first kappa shape index (κ1) is 21.9. The third kappa shape index (κ3) is 4.79. The normalized spacial score (nSPS) is 17.2. The molecule has 4 N–H and O–H groups in total. The maximum Gasteiger partial charge on any atom is 0.331 e. The van der Waals surface area contributed by atoms with Crippen LogP contribution in [-0.2, 0) is 16.0 Å². The van der Waals surface area contributed by atoms with Crippen LogP contribution in [0.2, 0.25) is 0 Å². The predicted molar refractivity (Wildman–Crippen MR) is 119 cm³/mol. The summed E-state index contributed by atoms with van der Waals surface area (Å²) in [6, 6.07) is 13.8. The SMILES string of the molecule is COc1ccc(/C=C/C(=O)O[C@@H]2Cc3c(O)cc(O)cc3O[C@@H]2c2ccc(O)c(O)c2)cc1. The quantitative estimate of drug-likeness (QED) is 0.263. The molecule has 0 saturated carbocycles. The second-order valence-electron chi connectivity index (χ2n) is 7.51. The average Bonchev–Trinajstić information content (AvgIpc) is 2.80. The Labute approximate surface area is 189 Å². The van der Waals surface area contributed by atoms with Gasteiger partial charge in [-0.05, 0) is 35.9 Å². The van der Waals surface area contributed by atoms with Crippen molar-refractivity contribution in [1.29, 1.82) is 0 Å². The van der Waals surface area contributed by atoms with Crippen LogP contribution in [0.4, 0.5) is 0 Å². The van der Waals surface area contributed by atoms with Gasteiger partial charge in [0.2, 0.25) is 0 Å². The Morgan fingerprint density at radius 3 is 2.42 bits per heavy atom. The molecular formula is C25H22O8. The number of hydrogen-bond donors (Lipinski definition) is 4. The molecule has 0 bridgehead atoms. The number of rotatable bonds is 5. The van der Waals surface area contributed by atoms with Crippen LogP contribution in [0.3, 0.4) is 0 Å². The van der Waals surface area contributed by atoms with Crippen molar-refractivity contribution in [3.63, 3.8) is 0 Å². The highest BCUT2D eigenvalue weighted by molar-refractivity contribution is 5.87. The third-order valence-electron chi connectivity index (χ3n) is 5.29. The van der Waals surface area contributed by atoms with Gasteiger partial charge in [0, 0.05) is 35.8 Å². The number of benzene rings is 3. The summed E-state index contributed by atoms with van der Waals surface area (Å²) in [6.07, 6.45) is 1.26. The van der Waals surface area contributed by atoms with Crippen LogP contribution in [0.25, 0.3) is 6.08 Å². The summed E-state index contributed by atoms with van der Waals surface area (Å²) in [5.74, 6) is -0.742. The van der Waals surface area contributed by atoms with Crippen LogP contribution >= 0.6 is 0 Å². The molecule has 8 heteroatoms. The highest BCUT2D eigenvalue weighted by Crippen LogP contribution is 2.43. The fourth-order valence-corrected chi connectivity index (χ4v) is 3.62. The van der Waals surface area contributed by atoms with Gasteiger partial charge in [-0.2, -0.15) is 0 Å². The summed E-state index contributed by atoms with van der Waals surface area (Å²) in [6.45, 7) is 0. The van der Waals surface area contributed by atoms with Crippen LogP contribution < -0.4 is 9.47 Å². The maximum atomic E-state index is 12.6. The van der Waals surface area contributed by atoms with Crippen molar-refractivity contribution in [3.8, 4) is 34.5 Å². The molecule has 170 valence electrons. The Kier molecular flexibility index (Phi) is 5.99. The van der Waals surface area contributed by atoms with Gasteiger partial charge in [-0.25, -0.2) is 4.79 Å². The number of fused-ring (bicyclic) bond motifs is 1. The molecule has 0 radical (unpaired) electrons. The van der Waals surface area contributed by atoms with Crippen molar-refractivity contribution in [3.05, 3.63) is 77.4 Å². The molecule has 3 aromatic rings. The molecule has 0 amide bonds. The van der Waals surface area contributed by atoms with E-state index in [-0.39, 0.29) is 35.2 Å². The molecule has 3 aromatic carbocycles. The van der Waals surface area contributed by atoms with E-state index in [2.05, 4.69) is 0 Å². The second kappa shape index (κ2) is 9.04. The minimum atomic E-state index is -0.858. The number of phenols is 4. The van der Waals surface area contributed by atoms with Gasteiger partial charge in [0.15, 0.2) is 17.6 Å². The lowest BCUT2D eigenvalue weighted by Gasteiger charge is -2.33. The van der Waals surface area contributed by atoms with Crippen molar-refractivity contribution < 1.29 is 39.4 Å². The minimum Gasteiger partial charge on any atom is -0.508 e. The first-order chi connectivity index (χ1) is 15.8. The summed E-state index contributed by atoms with van der Waals surface area (Å²) >= 11 is 0. The predicted octanol–water partition coefficient (Wildman–Crippen LogP) is 3.82. The van der Waals surface area contributed by atoms with Crippen molar-refractivity contribution in [2.75, 3.05) is 7.11 Å². The Bertz CT molecular complexity index is 1200. The summed E-state index contributed by atoms with van der Waals surface area (Å²) in [5, 5.41) is 39.6. The molecule has 8 nitrogen and oxygen atoms in total. The van der Waals surface area contributed by atoms with E-state index in [9.17, 15) is 25.2 Å². The molecule has 1 aliphatic heterocycles. The highest BCUT2D eigenvalue weighted by atomic mass is 16.6. The molecule has 4 rings (SSSR count). The Balaban J connectivity index is 1.60. The summed E-state index contributed by atoms with van der Waals surface area (Å²) in [7, 11) is 1.57. The smallest absolute Gasteiger partial charge is 0.331 e. The molecule has 0 saturated heterocycles. The van der Waals surface area contributed by atoms with Gasteiger partial charge in [-0.3, -0.25) is 0 Å². The van der Waals surface area contributed by atoms with E-state index in [1.54, 1.807) is 37.5 Å². The van der Waals surface area contributed by atoms with E-state index in [1.165, 1.54) is 36.4 Å². The Morgan fingerprint density at radius 1 is 0.970 bits per heavy atom. The van der Waals surface area contributed by atoms with Crippen LogP contribution in [0.5, 0.6) is 34.5 Å². The van der Waals surface area contributed by atoms with Crippen molar-refractivity contribution in [2.45, 2.75) is 18.6 Å². The highest BCUT2D eigenvalue weighted by Gasteiger charge is 2.36. The lowest BCUT2D eigenvalue weighted by atomic mass is 9.93. The van der Waals surface area contributed by atoms with E-state index in [1.807, 2.05) is 0 Å². The first-order valence-corrected chi connectivity index (χ1v) is 10.1. The van der Waals surface area contributed by atoms with Crippen molar-refractivity contribution in [1.82, 2.24) is 0 Å². The maximum absolute atomic E-state index is 12.6. The van der Waals surface area contributed by atoms with Crippen LogP contribution in [0.15, 0.2) is 60.7 Å². The van der Waals surface area contributed by atoms with Gasteiger partial charge in [-0.15, -0.1) is 0 Å². The van der Waals surface area contributed by atoms with Crippen LogP contribution in [0.1, 0.15) is 22.8 Å². The minimum absolute atomic E-state index is 0.107. The standard InChI is InChI=1S/C25H22O8/c1-31-17-6-2-14(3-7-17)4-9-24(30)32-23-13-18-20(28)11-16(26)12-22(18)33-25(23)15-5-8-19(27)21(29)10-15/h2-12,23,25-29H,13H2,1H3/b9-4+/t23-,25-/m1/s1. The zero-order valence-corrected chi connectivity index (χ0v) is 17.6. The zero-order chi connectivity index (χ0) is 23.5. The molecular weight excluding hydrogens is 428 g/mol. The van der Waals surface area contributed by atoms with Crippen LogP contribution in [-0.4, -0.2) is 39.6 Å². The number of ether oxygens (including phenoxy) is 3. The average molecular weight is 450 g/mol. The number of methoxy groups -OCH3 is 1. The topological polar surface area (TPSA) is 126 Å². The summed E-state index contributed by atoms with van der Waals surface area (Å²) in [4.78, 5) is 12.6. The zero-order valence-electron chi connectivity index (χ0n) is 17.6. The van der Waals surface area contributed by atoms with Crippen LogP contribution in [0, 0.1) is 0 Å². The number of carbonyl (C=O) groups excluding carboxylic acids is 1. The van der Waals surface area contributed by atoms with Gasteiger partial charge in [-0.1, -0.05) is 18.2 Å². The number of aromatic hydroxyl groups is 4. The second-order valence-corrected chi connectivity index (χ2v) is 7.51. The van der Waals surface area contributed by atoms with E-state index in [0.717, 1.165) is 5.56 Å². The molecule has 0 aliphatic carbocycles. The largest absolute Gasteiger partial charge is 0.508 e. The van der Waals surface area contributed by atoms with Gasteiger partial charge >= 0.3 is 5.97 Å². The third-order valence-corrected chi connectivity index (χ3v) is 5.29. The molecule has 1 aliphatic rings. The van der Waals surface area contributed by atoms with E-state index in [0.29, 0.717) is 16.9 Å². The number of esters is 1. The molecule has 1 heterocycles. The first-order valence-electron chi connectivity index (χ1n) is 10.1. The van der Waals surface area contributed by atoms with Gasteiger partial charge in [0.05, 0.1) is 7.11 Å². The number of phenolic OH excluding ortho intramolecular Hbond substituents is 4. The van der Waals surface area contributed by atoms with Crippen molar-refractivity contribution in [2.24, 2.45) is 0 Å². The van der Waals surface area contributed by atoms with Crippen molar-refractivity contribution >= 4 is 12.0 Å². The molecule has 33 heavy (non-hydrogen) atoms. The van der Waals surface area contributed by atoms with Gasteiger partial charge < -0.3 is 34.6 Å². The lowest BCUT2D eigenvalue weighted by Crippen LogP contribution is -2.34. The van der Waals surface area contributed by atoms with E-state index < -0.39 is 18.2 Å². The number of hydrogen-bond acceptors (Lipinski definition) is 8. The summed E-state index contributed by atoms with van der Waals surface area (Å²) in [5.41, 5.74) is 1.59. The van der Waals surface area contributed by atoms with Gasteiger partial charge in [0.25, 0.3) is 0 Å². The molecule has 0 unspecified atom stereocenters. The molecule has 0 fully saturated rings. The molecule has 0 spiro atoms. The Morgan fingerprint density at radius 2 is 1.73 bits per heavy atom. The van der Waals surface area contributed by atoms with E-state index in [4.69, 9.17) is 14.2 Å². The molecule has 2 atom stereocenters. The fraction of sp³-hybridized carbons (Fsp3) is 0.160. The van der Waals surface area contributed by atoms with E-state index >= 15 is 0 Å². The Hall–Kier alpha value is -4.33. The van der Waals surface area contributed by atoms with Gasteiger partial charge in [0.1, 0.15) is 29.1 Å². The lowest BCUT2D eigenvalue weighted by molar-refractivity contribution is -0.149. The molecule has 0 aromatic heterocycles. The fourth-order valence-electron chi connectivity index (χ4n) is 3.62. The summed E-state index contributed by atoms with van der Waals surface area (Å²) < 4.78 is 16.7. The number of carbonyl (C=O) groups is 1. The monoisotopic (exact) mass is 450 g/mol.